The molecule has 0 saturated carbocycles. The molecular weight excluding hydrogens is 269 g/mol. The van der Waals surface area contributed by atoms with E-state index in [0.717, 1.165) is 51.4 Å². The van der Waals surface area contributed by atoms with Crippen LogP contribution in [0, 0.1) is 5.82 Å². The van der Waals surface area contributed by atoms with E-state index >= 15 is 0 Å². The van der Waals surface area contributed by atoms with Crippen molar-refractivity contribution in [3.05, 3.63) is 29.6 Å². The van der Waals surface area contributed by atoms with Gasteiger partial charge in [-0.15, -0.1) is 0 Å². The van der Waals surface area contributed by atoms with Crippen LogP contribution in [0.1, 0.15) is 24.9 Å². The second-order valence-corrected chi connectivity index (χ2v) is 6.04. The monoisotopic (exact) mass is 293 g/mol. The maximum atomic E-state index is 14.3. The van der Waals surface area contributed by atoms with Crippen LogP contribution in [0.5, 0.6) is 0 Å². The van der Waals surface area contributed by atoms with Gasteiger partial charge in [0, 0.05) is 38.3 Å². The van der Waals surface area contributed by atoms with Gasteiger partial charge in [-0.2, -0.15) is 0 Å². The molecule has 0 amide bonds. The van der Waals surface area contributed by atoms with E-state index in [0.29, 0.717) is 11.7 Å². The Kier molecular flexibility index (Phi) is 4.42. The van der Waals surface area contributed by atoms with Gasteiger partial charge in [-0.25, -0.2) is 4.39 Å². The molecule has 116 valence electrons. The van der Waals surface area contributed by atoms with Crippen molar-refractivity contribution in [2.24, 2.45) is 5.73 Å². The summed E-state index contributed by atoms with van der Waals surface area (Å²) in [6, 6.07) is 5.76. The summed E-state index contributed by atoms with van der Waals surface area (Å²) < 4.78 is 19.7. The maximum Gasteiger partial charge on any atom is 0.146 e. The zero-order chi connectivity index (χ0) is 14.8. The Morgan fingerprint density at radius 3 is 2.71 bits per heavy atom. The SMILES string of the molecule is C[C@H](N)c1ccc(N2CCC(N3CCOCC3)C2)c(F)c1. The highest BCUT2D eigenvalue weighted by Crippen LogP contribution is 2.27. The van der Waals surface area contributed by atoms with Crippen LogP contribution in [0.25, 0.3) is 0 Å². The highest BCUT2D eigenvalue weighted by molar-refractivity contribution is 5.50. The van der Waals surface area contributed by atoms with Gasteiger partial charge in [0.1, 0.15) is 5.82 Å². The van der Waals surface area contributed by atoms with E-state index in [4.69, 9.17) is 10.5 Å². The molecule has 2 saturated heterocycles. The first-order valence-electron chi connectivity index (χ1n) is 7.77. The number of anilines is 1. The summed E-state index contributed by atoms with van der Waals surface area (Å²) in [7, 11) is 0. The first-order chi connectivity index (χ1) is 10.1. The van der Waals surface area contributed by atoms with Crippen molar-refractivity contribution >= 4 is 5.69 Å². The summed E-state index contributed by atoms with van der Waals surface area (Å²) in [5.41, 5.74) is 7.36. The molecule has 0 aromatic heterocycles. The number of halogens is 1. The van der Waals surface area contributed by atoms with E-state index in [-0.39, 0.29) is 11.9 Å². The lowest BCUT2D eigenvalue weighted by molar-refractivity contribution is 0.0209. The number of benzene rings is 1. The molecule has 1 unspecified atom stereocenters. The minimum absolute atomic E-state index is 0.131. The first-order valence-corrected chi connectivity index (χ1v) is 7.77. The van der Waals surface area contributed by atoms with Crippen LogP contribution in [-0.4, -0.2) is 50.3 Å². The molecule has 2 N–H and O–H groups in total. The van der Waals surface area contributed by atoms with Crippen molar-refractivity contribution in [1.82, 2.24) is 4.90 Å². The molecule has 0 aliphatic carbocycles. The lowest BCUT2D eigenvalue weighted by Gasteiger charge is -2.32. The highest BCUT2D eigenvalue weighted by Gasteiger charge is 2.29. The molecule has 4 nitrogen and oxygen atoms in total. The Labute approximate surface area is 125 Å². The molecule has 2 heterocycles. The van der Waals surface area contributed by atoms with E-state index in [1.807, 2.05) is 19.1 Å². The fourth-order valence-corrected chi connectivity index (χ4v) is 3.26. The predicted octanol–water partition coefficient (Wildman–Crippen LogP) is 1.76. The second-order valence-electron chi connectivity index (χ2n) is 6.04. The average Bonchev–Trinajstić information content (AvgIpc) is 2.97. The summed E-state index contributed by atoms with van der Waals surface area (Å²) in [6.45, 7) is 7.29. The van der Waals surface area contributed by atoms with Gasteiger partial charge in [0.25, 0.3) is 0 Å². The molecule has 2 aliphatic rings. The molecule has 2 atom stereocenters. The van der Waals surface area contributed by atoms with Gasteiger partial charge in [-0.3, -0.25) is 4.90 Å². The quantitative estimate of drug-likeness (QED) is 0.922. The number of nitrogens with zero attached hydrogens (tertiary/aromatic N) is 2. The zero-order valence-electron chi connectivity index (χ0n) is 12.6. The summed E-state index contributed by atoms with van der Waals surface area (Å²) in [5.74, 6) is -0.160. The third kappa shape index (κ3) is 3.20. The summed E-state index contributed by atoms with van der Waals surface area (Å²) in [4.78, 5) is 4.62. The summed E-state index contributed by atoms with van der Waals surface area (Å²) in [5, 5.41) is 0. The van der Waals surface area contributed by atoms with Gasteiger partial charge in [-0.05, 0) is 31.0 Å². The lowest BCUT2D eigenvalue weighted by atomic mass is 10.1. The fraction of sp³-hybridized carbons (Fsp3) is 0.625. The predicted molar refractivity (Wildman–Crippen MR) is 82.0 cm³/mol. The van der Waals surface area contributed by atoms with Crippen LogP contribution in [0.2, 0.25) is 0 Å². The van der Waals surface area contributed by atoms with Gasteiger partial charge in [0.2, 0.25) is 0 Å². The largest absolute Gasteiger partial charge is 0.379 e. The van der Waals surface area contributed by atoms with Crippen molar-refractivity contribution in [2.75, 3.05) is 44.3 Å². The van der Waals surface area contributed by atoms with E-state index in [9.17, 15) is 4.39 Å². The van der Waals surface area contributed by atoms with Gasteiger partial charge >= 0.3 is 0 Å². The number of hydrogen-bond acceptors (Lipinski definition) is 4. The Bertz CT molecular complexity index is 488. The number of rotatable bonds is 3. The van der Waals surface area contributed by atoms with Gasteiger partial charge < -0.3 is 15.4 Å². The molecule has 1 aromatic carbocycles. The minimum atomic E-state index is -0.160. The first kappa shape index (κ1) is 14.8. The third-order valence-electron chi connectivity index (χ3n) is 4.56. The van der Waals surface area contributed by atoms with E-state index in [1.54, 1.807) is 6.07 Å². The van der Waals surface area contributed by atoms with Crippen molar-refractivity contribution in [3.63, 3.8) is 0 Å². The third-order valence-corrected chi connectivity index (χ3v) is 4.56. The molecule has 21 heavy (non-hydrogen) atoms. The average molecular weight is 293 g/mol. The maximum absolute atomic E-state index is 14.3. The number of ether oxygens (including phenoxy) is 1. The van der Waals surface area contributed by atoms with Crippen LogP contribution in [0.15, 0.2) is 18.2 Å². The molecule has 2 aliphatic heterocycles. The number of morpholine rings is 1. The zero-order valence-corrected chi connectivity index (χ0v) is 12.6. The smallest absolute Gasteiger partial charge is 0.146 e. The van der Waals surface area contributed by atoms with Crippen molar-refractivity contribution < 1.29 is 9.13 Å². The number of hydrogen-bond donors (Lipinski definition) is 1. The summed E-state index contributed by atoms with van der Waals surface area (Å²) in [6.07, 6.45) is 1.09. The standard InChI is InChI=1S/C16H24FN3O/c1-12(18)13-2-3-16(15(17)10-13)20-5-4-14(11-20)19-6-8-21-9-7-19/h2-3,10,12,14H,4-9,11,18H2,1H3/t12-,14?/m0/s1. The molecule has 1 aromatic rings. The summed E-state index contributed by atoms with van der Waals surface area (Å²) >= 11 is 0. The fourth-order valence-electron chi connectivity index (χ4n) is 3.26. The minimum Gasteiger partial charge on any atom is -0.379 e. The van der Waals surface area contributed by atoms with Gasteiger partial charge in [0.15, 0.2) is 0 Å². The second kappa shape index (κ2) is 6.30. The molecular formula is C16H24FN3O. The van der Waals surface area contributed by atoms with Gasteiger partial charge in [0.05, 0.1) is 18.9 Å². The van der Waals surface area contributed by atoms with E-state index < -0.39 is 0 Å². The molecule has 0 bridgehead atoms. The van der Waals surface area contributed by atoms with Crippen LogP contribution in [-0.2, 0) is 4.74 Å². The van der Waals surface area contributed by atoms with Crippen LogP contribution < -0.4 is 10.6 Å². The Morgan fingerprint density at radius 1 is 1.29 bits per heavy atom. The van der Waals surface area contributed by atoms with Crippen molar-refractivity contribution in [1.29, 1.82) is 0 Å². The van der Waals surface area contributed by atoms with E-state index in [1.165, 1.54) is 0 Å². The van der Waals surface area contributed by atoms with Crippen LogP contribution in [0.3, 0.4) is 0 Å². The van der Waals surface area contributed by atoms with E-state index in [2.05, 4.69) is 9.80 Å². The normalized spacial score (nSPS) is 25.3. The molecule has 5 heteroatoms. The highest BCUT2D eigenvalue weighted by atomic mass is 19.1. The van der Waals surface area contributed by atoms with Crippen molar-refractivity contribution in [3.8, 4) is 0 Å². The lowest BCUT2D eigenvalue weighted by Crippen LogP contribution is -2.44. The molecule has 0 radical (unpaired) electrons. The molecule has 3 rings (SSSR count). The topological polar surface area (TPSA) is 41.7 Å². The molecule has 2 fully saturated rings. The Hall–Kier alpha value is -1.17. The van der Waals surface area contributed by atoms with Gasteiger partial charge in [-0.1, -0.05) is 6.07 Å². The van der Waals surface area contributed by atoms with Crippen molar-refractivity contribution in [2.45, 2.75) is 25.4 Å². The number of nitrogens with two attached hydrogens (primary N) is 1. The Balaban J connectivity index is 1.68. The van der Waals surface area contributed by atoms with Crippen LogP contribution in [0.4, 0.5) is 10.1 Å². The van der Waals surface area contributed by atoms with Crippen LogP contribution >= 0.6 is 0 Å². The molecule has 0 spiro atoms. The Morgan fingerprint density at radius 2 is 2.05 bits per heavy atom.